The van der Waals surface area contributed by atoms with Crippen LogP contribution in [0.4, 0.5) is 0 Å². The first kappa shape index (κ1) is 14.9. The van der Waals surface area contributed by atoms with E-state index in [1.807, 2.05) is 25.1 Å². The molecule has 0 aromatic heterocycles. The summed E-state index contributed by atoms with van der Waals surface area (Å²) in [4.78, 5) is 13.9. The van der Waals surface area contributed by atoms with Gasteiger partial charge in [-0.1, -0.05) is 13.8 Å². The Morgan fingerprint density at radius 1 is 1.44 bits per heavy atom. The van der Waals surface area contributed by atoms with E-state index in [0.29, 0.717) is 5.92 Å². The normalized spacial score (nSPS) is 13.7. The third kappa shape index (κ3) is 4.63. The third-order valence-electron chi connectivity index (χ3n) is 2.53. The van der Waals surface area contributed by atoms with Crippen molar-refractivity contribution in [3.8, 4) is 6.07 Å². The molecule has 1 N–H and O–H groups in total. The van der Waals surface area contributed by atoms with Crippen molar-refractivity contribution in [1.82, 2.24) is 10.2 Å². The SMILES string of the molecule is CC(C)C(CN(C)C)NC(=O)C(C)(C)C#N. The molecular formula is C12H23N3O. The van der Waals surface area contributed by atoms with Gasteiger partial charge >= 0.3 is 0 Å². The number of nitrogens with zero attached hydrogens (tertiary/aromatic N) is 2. The molecule has 0 aromatic carbocycles. The maximum absolute atomic E-state index is 11.8. The highest BCUT2D eigenvalue weighted by atomic mass is 16.2. The average molecular weight is 225 g/mol. The van der Waals surface area contributed by atoms with E-state index in [9.17, 15) is 4.79 Å². The van der Waals surface area contributed by atoms with Crippen LogP contribution in [0.2, 0.25) is 0 Å². The molecule has 0 spiro atoms. The minimum absolute atomic E-state index is 0.0788. The molecule has 0 aliphatic carbocycles. The zero-order chi connectivity index (χ0) is 12.9. The number of rotatable bonds is 5. The van der Waals surface area contributed by atoms with Crippen LogP contribution >= 0.6 is 0 Å². The van der Waals surface area contributed by atoms with Crippen molar-refractivity contribution < 1.29 is 4.79 Å². The summed E-state index contributed by atoms with van der Waals surface area (Å²) >= 11 is 0. The monoisotopic (exact) mass is 225 g/mol. The lowest BCUT2D eigenvalue weighted by Gasteiger charge is -2.28. The van der Waals surface area contributed by atoms with E-state index in [1.54, 1.807) is 13.8 Å². The molecule has 16 heavy (non-hydrogen) atoms. The highest BCUT2D eigenvalue weighted by Crippen LogP contribution is 2.14. The molecule has 0 saturated carbocycles. The molecule has 0 fully saturated rings. The zero-order valence-electron chi connectivity index (χ0n) is 11.2. The molecule has 4 nitrogen and oxygen atoms in total. The van der Waals surface area contributed by atoms with Gasteiger partial charge in [0.2, 0.25) is 5.91 Å². The second kappa shape index (κ2) is 5.86. The van der Waals surface area contributed by atoms with Gasteiger partial charge in [-0.25, -0.2) is 0 Å². The van der Waals surface area contributed by atoms with Crippen LogP contribution < -0.4 is 5.32 Å². The van der Waals surface area contributed by atoms with Crippen LogP contribution in [0.15, 0.2) is 0 Å². The summed E-state index contributed by atoms with van der Waals surface area (Å²) in [5.41, 5.74) is -0.959. The topological polar surface area (TPSA) is 56.1 Å². The molecule has 1 amide bonds. The van der Waals surface area contributed by atoms with Crippen molar-refractivity contribution in [2.75, 3.05) is 20.6 Å². The molecule has 0 heterocycles. The highest BCUT2D eigenvalue weighted by molar-refractivity contribution is 5.84. The van der Waals surface area contributed by atoms with Gasteiger partial charge in [-0.3, -0.25) is 4.79 Å². The molecule has 0 saturated heterocycles. The van der Waals surface area contributed by atoms with Crippen molar-refractivity contribution in [2.45, 2.75) is 33.7 Å². The van der Waals surface area contributed by atoms with Crippen LogP contribution in [0.1, 0.15) is 27.7 Å². The molecule has 0 aliphatic heterocycles. The third-order valence-corrected chi connectivity index (χ3v) is 2.53. The first-order valence-electron chi connectivity index (χ1n) is 5.57. The molecule has 0 bridgehead atoms. The standard InChI is InChI=1S/C12H23N3O/c1-9(2)10(7-15(5)6)14-11(16)12(3,4)8-13/h9-10H,7H2,1-6H3,(H,14,16). The molecule has 0 aromatic rings. The number of carbonyl (C=O) groups excluding carboxylic acids is 1. The molecule has 92 valence electrons. The number of likely N-dealkylation sites (N-methyl/N-ethyl adjacent to an activating group) is 1. The number of hydrogen-bond donors (Lipinski definition) is 1. The highest BCUT2D eigenvalue weighted by Gasteiger charge is 2.29. The Hall–Kier alpha value is -1.08. The van der Waals surface area contributed by atoms with Gasteiger partial charge in [0.1, 0.15) is 5.41 Å². The van der Waals surface area contributed by atoms with E-state index < -0.39 is 5.41 Å². The molecule has 1 atom stereocenters. The molecule has 0 radical (unpaired) electrons. The van der Waals surface area contributed by atoms with Crippen LogP contribution in [-0.4, -0.2) is 37.5 Å². The number of amides is 1. The van der Waals surface area contributed by atoms with Crippen LogP contribution in [0, 0.1) is 22.7 Å². The van der Waals surface area contributed by atoms with Crippen LogP contribution in [0.3, 0.4) is 0 Å². The van der Waals surface area contributed by atoms with Crippen molar-refractivity contribution in [3.05, 3.63) is 0 Å². The lowest BCUT2D eigenvalue weighted by atomic mass is 9.93. The predicted octanol–water partition coefficient (Wildman–Crippen LogP) is 1.24. The Kier molecular flexibility index (Phi) is 5.46. The van der Waals surface area contributed by atoms with E-state index in [0.717, 1.165) is 6.54 Å². The Labute approximate surface area is 98.6 Å². The summed E-state index contributed by atoms with van der Waals surface area (Å²) < 4.78 is 0. The number of hydrogen-bond acceptors (Lipinski definition) is 3. The Morgan fingerprint density at radius 3 is 2.25 bits per heavy atom. The van der Waals surface area contributed by atoms with E-state index in [4.69, 9.17) is 5.26 Å². The second-order valence-corrected chi connectivity index (χ2v) is 5.32. The maximum Gasteiger partial charge on any atom is 0.240 e. The van der Waals surface area contributed by atoms with E-state index >= 15 is 0 Å². The van der Waals surface area contributed by atoms with E-state index in [2.05, 4.69) is 19.2 Å². The van der Waals surface area contributed by atoms with Crippen molar-refractivity contribution in [1.29, 1.82) is 5.26 Å². The fourth-order valence-corrected chi connectivity index (χ4v) is 1.22. The minimum Gasteiger partial charge on any atom is -0.350 e. The maximum atomic E-state index is 11.8. The van der Waals surface area contributed by atoms with Gasteiger partial charge in [0.05, 0.1) is 6.07 Å². The minimum atomic E-state index is -0.959. The van der Waals surface area contributed by atoms with E-state index in [1.165, 1.54) is 0 Å². The quantitative estimate of drug-likeness (QED) is 0.766. The first-order chi connectivity index (χ1) is 7.20. The smallest absolute Gasteiger partial charge is 0.240 e. The summed E-state index contributed by atoms with van der Waals surface area (Å²) in [6, 6.07) is 2.09. The fourth-order valence-electron chi connectivity index (χ4n) is 1.22. The zero-order valence-corrected chi connectivity index (χ0v) is 11.2. The largest absolute Gasteiger partial charge is 0.350 e. The van der Waals surface area contributed by atoms with Crippen LogP contribution in [0.25, 0.3) is 0 Å². The van der Waals surface area contributed by atoms with Crippen LogP contribution in [0.5, 0.6) is 0 Å². The summed E-state index contributed by atoms with van der Waals surface area (Å²) in [5, 5.41) is 11.8. The number of nitriles is 1. The number of nitrogens with one attached hydrogen (secondary N) is 1. The Bertz CT molecular complexity index is 276. The lowest BCUT2D eigenvalue weighted by molar-refractivity contribution is -0.128. The summed E-state index contributed by atoms with van der Waals surface area (Å²) in [6.07, 6.45) is 0. The Morgan fingerprint density at radius 2 is 1.94 bits per heavy atom. The van der Waals surface area contributed by atoms with Crippen molar-refractivity contribution in [3.63, 3.8) is 0 Å². The predicted molar refractivity (Wildman–Crippen MR) is 64.7 cm³/mol. The average Bonchev–Trinajstić information content (AvgIpc) is 2.15. The van der Waals surface area contributed by atoms with Gasteiger partial charge in [-0.2, -0.15) is 5.26 Å². The molecule has 4 heteroatoms. The molecular weight excluding hydrogens is 202 g/mol. The fraction of sp³-hybridized carbons (Fsp3) is 0.833. The number of carbonyl (C=O) groups is 1. The summed E-state index contributed by atoms with van der Waals surface area (Å²) in [5.74, 6) is 0.149. The Balaban J connectivity index is 4.54. The van der Waals surface area contributed by atoms with E-state index in [-0.39, 0.29) is 11.9 Å². The van der Waals surface area contributed by atoms with Crippen LogP contribution in [-0.2, 0) is 4.79 Å². The van der Waals surface area contributed by atoms with Gasteiger partial charge in [-0.05, 0) is 33.9 Å². The van der Waals surface area contributed by atoms with Gasteiger partial charge in [0.25, 0.3) is 0 Å². The second-order valence-electron chi connectivity index (χ2n) is 5.32. The van der Waals surface area contributed by atoms with Crippen molar-refractivity contribution in [2.24, 2.45) is 11.3 Å². The van der Waals surface area contributed by atoms with Crippen molar-refractivity contribution >= 4 is 5.91 Å². The first-order valence-corrected chi connectivity index (χ1v) is 5.57. The molecule has 0 aliphatic rings. The van der Waals surface area contributed by atoms with Gasteiger partial charge < -0.3 is 10.2 Å². The molecule has 0 rings (SSSR count). The summed E-state index contributed by atoms with van der Waals surface area (Å²) in [6.45, 7) is 8.18. The van der Waals surface area contributed by atoms with Gasteiger partial charge in [-0.15, -0.1) is 0 Å². The van der Waals surface area contributed by atoms with Gasteiger partial charge in [0, 0.05) is 12.6 Å². The molecule has 1 unspecified atom stereocenters. The lowest BCUT2D eigenvalue weighted by Crippen LogP contribution is -2.49. The summed E-state index contributed by atoms with van der Waals surface area (Å²) in [7, 11) is 3.94. The van der Waals surface area contributed by atoms with Gasteiger partial charge in [0.15, 0.2) is 0 Å².